The Labute approximate surface area is 116 Å². The first-order chi connectivity index (χ1) is 8.97. The lowest BCUT2D eigenvalue weighted by atomic mass is 10.2. The highest BCUT2D eigenvalue weighted by atomic mass is 32.2. The molecule has 1 aliphatic heterocycles. The molecule has 1 rings (SSSR count). The minimum atomic E-state index is -1.08. The molecular formula is C12H20N2O4S. The third-order valence-corrected chi connectivity index (χ3v) is 3.99. The summed E-state index contributed by atoms with van der Waals surface area (Å²) >= 11 is 1.51. The SMILES string of the molecule is CCCCC(=O)N1CSCC1C(=O)NC(C)C(=O)O. The number of unbranched alkanes of at least 4 members (excludes halogenated alkanes) is 1. The van der Waals surface area contributed by atoms with E-state index >= 15 is 0 Å². The predicted octanol–water partition coefficient (Wildman–Crippen LogP) is 0.667. The number of hydrogen-bond acceptors (Lipinski definition) is 4. The number of nitrogens with zero attached hydrogens (tertiary/aromatic N) is 1. The van der Waals surface area contributed by atoms with Gasteiger partial charge in [0.15, 0.2) is 0 Å². The van der Waals surface area contributed by atoms with Crippen LogP contribution in [0.4, 0.5) is 0 Å². The van der Waals surface area contributed by atoms with Gasteiger partial charge in [-0.25, -0.2) is 0 Å². The van der Waals surface area contributed by atoms with Gasteiger partial charge in [0, 0.05) is 12.2 Å². The van der Waals surface area contributed by atoms with Crippen molar-refractivity contribution < 1.29 is 19.5 Å². The van der Waals surface area contributed by atoms with E-state index in [0.29, 0.717) is 18.1 Å². The Kier molecular flexibility index (Phi) is 6.14. The number of rotatable bonds is 6. The molecule has 2 atom stereocenters. The molecule has 19 heavy (non-hydrogen) atoms. The molecule has 2 amide bonds. The largest absolute Gasteiger partial charge is 0.480 e. The Morgan fingerprint density at radius 1 is 1.47 bits per heavy atom. The summed E-state index contributed by atoms with van der Waals surface area (Å²) in [5, 5.41) is 11.2. The molecule has 1 saturated heterocycles. The number of aliphatic carboxylic acids is 1. The highest BCUT2D eigenvalue weighted by molar-refractivity contribution is 7.99. The average Bonchev–Trinajstić information content (AvgIpc) is 2.84. The van der Waals surface area contributed by atoms with Crippen LogP contribution in [0, 0.1) is 0 Å². The standard InChI is InChI=1S/C12H20N2O4S/c1-3-4-5-10(15)14-7-19-6-9(14)11(16)13-8(2)12(17)18/h8-9H,3-7H2,1-2H3,(H,13,16)(H,17,18). The minimum absolute atomic E-state index is 0.0324. The Hall–Kier alpha value is -1.24. The van der Waals surface area contributed by atoms with Crippen molar-refractivity contribution in [2.24, 2.45) is 0 Å². The van der Waals surface area contributed by atoms with Gasteiger partial charge in [-0.05, 0) is 13.3 Å². The third kappa shape index (κ3) is 4.41. The van der Waals surface area contributed by atoms with Gasteiger partial charge in [0.05, 0.1) is 5.88 Å². The Bertz CT molecular complexity index is 362. The molecule has 6 nitrogen and oxygen atoms in total. The van der Waals surface area contributed by atoms with Crippen LogP contribution in [0.1, 0.15) is 33.1 Å². The third-order valence-electron chi connectivity index (χ3n) is 2.98. The maximum Gasteiger partial charge on any atom is 0.325 e. The summed E-state index contributed by atoms with van der Waals surface area (Å²) in [5.74, 6) is -0.472. The lowest BCUT2D eigenvalue weighted by molar-refractivity contribution is -0.143. The Morgan fingerprint density at radius 3 is 2.74 bits per heavy atom. The van der Waals surface area contributed by atoms with Crippen LogP contribution in [0.25, 0.3) is 0 Å². The molecule has 108 valence electrons. The maximum absolute atomic E-state index is 12.0. The fourth-order valence-corrected chi connectivity index (χ4v) is 2.93. The number of nitrogens with one attached hydrogen (secondary N) is 1. The molecule has 0 spiro atoms. The van der Waals surface area contributed by atoms with Crippen LogP contribution in [-0.4, -0.2) is 51.5 Å². The number of thioether (sulfide) groups is 1. The van der Waals surface area contributed by atoms with E-state index in [1.165, 1.54) is 18.7 Å². The quantitative estimate of drug-likeness (QED) is 0.750. The van der Waals surface area contributed by atoms with Crippen LogP contribution in [0.2, 0.25) is 0 Å². The highest BCUT2D eigenvalue weighted by Gasteiger charge is 2.35. The zero-order valence-corrected chi connectivity index (χ0v) is 12.0. The lowest BCUT2D eigenvalue weighted by Crippen LogP contribution is -2.51. The van der Waals surface area contributed by atoms with E-state index in [4.69, 9.17) is 5.11 Å². The normalized spacial score (nSPS) is 20.1. The van der Waals surface area contributed by atoms with Gasteiger partial charge in [-0.2, -0.15) is 0 Å². The van der Waals surface area contributed by atoms with Gasteiger partial charge in [0.1, 0.15) is 12.1 Å². The van der Waals surface area contributed by atoms with E-state index in [1.54, 1.807) is 4.90 Å². The summed E-state index contributed by atoms with van der Waals surface area (Å²) in [6.07, 6.45) is 2.18. The van der Waals surface area contributed by atoms with Crippen LogP contribution in [0.5, 0.6) is 0 Å². The molecule has 0 aromatic carbocycles. The second kappa shape index (κ2) is 7.37. The van der Waals surface area contributed by atoms with E-state index < -0.39 is 18.1 Å². The monoisotopic (exact) mass is 288 g/mol. The Balaban J connectivity index is 2.58. The van der Waals surface area contributed by atoms with Crippen LogP contribution < -0.4 is 5.32 Å². The van der Waals surface area contributed by atoms with Gasteiger partial charge in [-0.15, -0.1) is 11.8 Å². The van der Waals surface area contributed by atoms with Crippen molar-refractivity contribution >= 4 is 29.5 Å². The predicted molar refractivity (Wildman–Crippen MR) is 72.7 cm³/mol. The van der Waals surface area contributed by atoms with E-state index in [2.05, 4.69) is 5.32 Å². The van der Waals surface area contributed by atoms with Crippen molar-refractivity contribution in [2.45, 2.75) is 45.2 Å². The average molecular weight is 288 g/mol. The molecule has 1 fully saturated rings. The van der Waals surface area contributed by atoms with Gasteiger partial charge in [0.2, 0.25) is 11.8 Å². The molecule has 0 radical (unpaired) electrons. The summed E-state index contributed by atoms with van der Waals surface area (Å²) in [7, 11) is 0. The van der Waals surface area contributed by atoms with Crippen LogP contribution in [-0.2, 0) is 14.4 Å². The number of amides is 2. The fourth-order valence-electron chi connectivity index (χ4n) is 1.75. The molecule has 7 heteroatoms. The lowest BCUT2D eigenvalue weighted by Gasteiger charge is -2.23. The van der Waals surface area contributed by atoms with E-state index in [1.807, 2.05) is 6.92 Å². The summed E-state index contributed by atoms with van der Waals surface area (Å²) < 4.78 is 0. The summed E-state index contributed by atoms with van der Waals surface area (Å²) in [4.78, 5) is 36.2. The molecule has 0 bridgehead atoms. The molecule has 0 saturated carbocycles. The molecule has 2 N–H and O–H groups in total. The first kappa shape index (κ1) is 15.8. The summed E-state index contributed by atoms with van der Waals surface area (Å²) in [6, 6.07) is -1.48. The van der Waals surface area contributed by atoms with Crippen molar-refractivity contribution in [3.63, 3.8) is 0 Å². The van der Waals surface area contributed by atoms with Crippen molar-refractivity contribution in [2.75, 3.05) is 11.6 Å². The molecule has 0 aliphatic carbocycles. The van der Waals surface area contributed by atoms with Crippen LogP contribution >= 0.6 is 11.8 Å². The zero-order chi connectivity index (χ0) is 14.4. The molecule has 0 aromatic heterocycles. The van der Waals surface area contributed by atoms with Gasteiger partial charge in [-0.1, -0.05) is 13.3 Å². The smallest absolute Gasteiger partial charge is 0.325 e. The fraction of sp³-hybridized carbons (Fsp3) is 0.750. The van der Waals surface area contributed by atoms with Gasteiger partial charge in [-0.3, -0.25) is 14.4 Å². The molecular weight excluding hydrogens is 268 g/mol. The Morgan fingerprint density at radius 2 is 2.16 bits per heavy atom. The van der Waals surface area contributed by atoms with E-state index in [9.17, 15) is 14.4 Å². The van der Waals surface area contributed by atoms with E-state index in [-0.39, 0.29) is 11.8 Å². The first-order valence-corrected chi connectivity index (χ1v) is 7.53. The second-order valence-electron chi connectivity index (χ2n) is 4.55. The van der Waals surface area contributed by atoms with Crippen molar-refractivity contribution in [1.82, 2.24) is 10.2 Å². The van der Waals surface area contributed by atoms with Crippen molar-refractivity contribution in [3.8, 4) is 0 Å². The zero-order valence-electron chi connectivity index (χ0n) is 11.2. The van der Waals surface area contributed by atoms with Crippen LogP contribution in [0.15, 0.2) is 0 Å². The molecule has 1 heterocycles. The van der Waals surface area contributed by atoms with Gasteiger partial charge in [0.25, 0.3) is 0 Å². The number of carbonyl (C=O) groups is 3. The summed E-state index contributed by atoms with van der Waals surface area (Å²) in [6.45, 7) is 3.41. The number of hydrogen-bond donors (Lipinski definition) is 2. The minimum Gasteiger partial charge on any atom is -0.480 e. The molecule has 2 unspecified atom stereocenters. The number of carbonyl (C=O) groups excluding carboxylic acids is 2. The van der Waals surface area contributed by atoms with Crippen LogP contribution in [0.3, 0.4) is 0 Å². The molecule has 0 aromatic rings. The first-order valence-electron chi connectivity index (χ1n) is 6.37. The van der Waals surface area contributed by atoms with Crippen molar-refractivity contribution in [3.05, 3.63) is 0 Å². The topological polar surface area (TPSA) is 86.7 Å². The molecule has 1 aliphatic rings. The van der Waals surface area contributed by atoms with Gasteiger partial charge >= 0.3 is 5.97 Å². The number of carboxylic acid groups (broad SMARTS) is 1. The maximum atomic E-state index is 12.0. The highest BCUT2D eigenvalue weighted by Crippen LogP contribution is 2.22. The van der Waals surface area contributed by atoms with E-state index in [0.717, 1.165) is 12.8 Å². The summed E-state index contributed by atoms with van der Waals surface area (Å²) in [5.41, 5.74) is 0. The van der Waals surface area contributed by atoms with Crippen molar-refractivity contribution in [1.29, 1.82) is 0 Å². The van der Waals surface area contributed by atoms with Gasteiger partial charge < -0.3 is 15.3 Å². The number of carboxylic acids is 1. The second-order valence-corrected chi connectivity index (χ2v) is 5.55.